The van der Waals surface area contributed by atoms with Gasteiger partial charge >= 0.3 is 36.4 Å². The van der Waals surface area contributed by atoms with Gasteiger partial charge in [0.1, 0.15) is 0 Å². The molecule has 9 heavy (non-hydrogen) atoms. The molecule has 2 N–H and O–H groups in total. The van der Waals surface area contributed by atoms with Crippen LogP contribution in [0.2, 0.25) is 0 Å². The first-order valence-electron chi connectivity index (χ1n) is 2.66. The third-order valence-corrected chi connectivity index (χ3v) is 0.464. The van der Waals surface area contributed by atoms with E-state index in [1.54, 1.807) is 20.4 Å². The second-order valence-corrected chi connectivity index (χ2v) is 1.80. The Hall–Kier alpha value is 0.144. The molecule has 0 aliphatic rings. The topological polar surface area (TPSA) is 57.5 Å². The molecule has 0 bridgehead atoms. The minimum absolute atomic E-state index is 0.250. The molecule has 4 heteroatoms. The van der Waals surface area contributed by atoms with Crippen molar-refractivity contribution in [3.05, 3.63) is 0 Å². The van der Waals surface area contributed by atoms with E-state index in [1.807, 2.05) is 6.92 Å². The Bertz CT molecular complexity index is 65.2. The van der Waals surface area contributed by atoms with Gasteiger partial charge in [0.25, 0.3) is 0 Å². The van der Waals surface area contributed by atoms with Gasteiger partial charge < -0.3 is 5.11 Å². The maximum atomic E-state index is 9.60. The molecule has 0 saturated carbocycles. The van der Waals surface area contributed by atoms with E-state index in [1.165, 1.54) is 0 Å². The van der Waals surface area contributed by atoms with E-state index in [-0.39, 0.29) is 4.91 Å². The summed E-state index contributed by atoms with van der Waals surface area (Å²) < 4.78 is 0. The fraction of sp³-hybridized carbons (Fsp3) is 0.800. The SMILES string of the molecule is CCCC(=O)O.O[CH2][Ti]. The quantitative estimate of drug-likeness (QED) is 0.583. The van der Waals surface area contributed by atoms with Crippen LogP contribution in [0.5, 0.6) is 0 Å². The Morgan fingerprint density at radius 2 is 2.00 bits per heavy atom. The summed E-state index contributed by atoms with van der Waals surface area (Å²) >= 11 is 1.68. The van der Waals surface area contributed by atoms with Gasteiger partial charge in [0.15, 0.2) is 0 Å². The summed E-state index contributed by atoms with van der Waals surface area (Å²) in [6, 6.07) is 0. The van der Waals surface area contributed by atoms with Crippen molar-refractivity contribution in [3.63, 3.8) is 0 Å². The summed E-state index contributed by atoms with van der Waals surface area (Å²) in [6.45, 7) is 1.84. The molecule has 0 aromatic rings. The van der Waals surface area contributed by atoms with Gasteiger partial charge in [-0.25, -0.2) is 0 Å². The Labute approximate surface area is 66.5 Å². The van der Waals surface area contributed by atoms with Gasteiger partial charge in [-0.3, -0.25) is 4.79 Å². The van der Waals surface area contributed by atoms with E-state index in [0.717, 1.165) is 6.42 Å². The molecule has 0 radical (unpaired) electrons. The summed E-state index contributed by atoms with van der Waals surface area (Å²) in [5, 5.41) is 15.5. The van der Waals surface area contributed by atoms with Crippen molar-refractivity contribution >= 4 is 5.97 Å². The van der Waals surface area contributed by atoms with Crippen LogP contribution >= 0.6 is 0 Å². The number of carboxylic acids is 1. The molecular formula is C5H11O3Ti. The van der Waals surface area contributed by atoms with E-state index in [4.69, 9.17) is 10.2 Å². The van der Waals surface area contributed by atoms with Gasteiger partial charge in [-0.2, -0.15) is 0 Å². The van der Waals surface area contributed by atoms with Crippen LogP contribution in [0.3, 0.4) is 0 Å². The van der Waals surface area contributed by atoms with E-state index in [9.17, 15) is 4.79 Å². The fourth-order valence-electron chi connectivity index (χ4n) is 0.214. The summed E-state index contributed by atoms with van der Waals surface area (Å²) in [6.07, 6.45) is 1.02. The predicted molar refractivity (Wildman–Crippen MR) is 29.6 cm³/mol. The number of carbonyl (C=O) groups is 1. The molecule has 0 aliphatic carbocycles. The number of hydrogen-bond donors (Lipinski definition) is 2. The normalized spacial score (nSPS) is 7.22. The monoisotopic (exact) mass is 167 g/mol. The van der Waals surface area contributed by atoms with Crippen molar-refractivity contribution in [2.45, 2.75) is 19.8 Å². The van der Waals surface area contributed by atoms with E-state index in [0.29, 0.717) is 6.42 Å². The maximum absolute atomic E-state index is 9.60. The van der Waals surface area contributed by atoms with E-state index >= 15 is 0 Å². The number of carboxylic acid groups (broad SMARTS) is 1. The number of rotatable bonds is 2. The first-order chi connectivity index (χ1) is 4.18. The molecule has 0 rings (SSSR count). The number of aliphatic carboxylic acids is 1. The van der Waals surface area contributed by atoms with Crippen molar-refractivity contribution in [1.29, 1.82) is 0 Å². The molecule has 3 nitrogen and oxygen atoms in total. The average Bonchev–Trinajstić information content (AvgIpc) is 1.67. The molecule has 53 valence electrons. The number of aliphatic hydroxyl groups excluding tert-OH is 1. The molecule has 0 aromatic carbocycles. The van der Waals surface area contributed by atoms with E-state index < -0.39 is 5.97 Å². The molecule has 0 saturated heterocycles. The Morgan fingerprint density at radius 3 is 2.00 bits per heavy atom. The van der Waals surface area contributed by atoms with Crippen molar-refractivity contribution < 1.29 is 35.4 Å². The number of aliphatic hydroxyl groups is 1. The Balaban J connectivity index is 0. The molecule has 0 aromatic heterocycles. The van der Waals surface area contributed by atoms with Crippen molar-refractivity contribution in [3.8, 4) is 0 Å². The van der Waals surface area contributed by atoms with Gasteiger partial charge in [0.2, 0.25) is 0 Å². The van der Waals surface area contributed by atoms with Crippen molar-refractivity contribution in [2.24, 2.45) is 0 Å². The van der Waals surface area contributed by atoms with Gasteiger partial charge in [0.05, 0.1) is 0 Å². The second kappa shape index (κ2) is 11.0. The van der Waals surface area contributed by atoms with Crippen LogP contribution in [0.15, 0.2) is 0 Å². The zero-order valence-corrected chi connectivity index (χ0v) is 6.99. The summed E-state index contributed by atoms with van der Waals surface area (Å²) in [7, 11) is 0. The first kappa shape index (κ1) is 11.9. The zero-order valence-electron chi connectivity index (χ0n) is 5.42. The molecule has 0 spiro atoms. The third kappa shape index (κ3) is 31.1. The van der Waals surface area contributed by atoms with Gasteiger partial charge in [-0.05, 0) is 6.42 Å². The van der Waals surface area contributed by atoms with Crippen LogP contribution < -0.4 is 0 Å². The summed E-state index contributed by atoms with van der Waals surface area (Å²) in [5.41, 5.74) is 0. The van der Waals surface area contributed by atoms with Gasteiger partial charge in [-0.1, -0.05) is 6.92 Å². The molecule has 0 atom stereocenters. The van der Waals surface area contributed by atoms with Gasteiger partial charge in [-0.15, -0.1) is 0 Å². The summed E-state index contributed by atoms with van der Waals surface area (Å²) in [4.78, 5) is 9.85. The minimum atomic E-state index is -0.711. The molecule has 0 aliphatic heterocycles. The van der Waals surface area contributed by atoms with Crippen LogP contribution in [0.1, 0.15) is 19.8 Å². The predicted octanol–water partition coefficient (Wildman–Crippen LogP) is 0.354. The summed E-state index contributed by atoms with van der Waals surface area (Å²) in [5.74, 6) is -0.711. The second-order valence-electron chi connectivity index (χ2n) is 1.30. The van der Waals surface area contributed by atoms with Crippen LogP contribution in [0, 0.1) is 0 Å². The van der Waals surface area contributed by atoms with Crippen LogP contribution in [0.4, 0.5) is 0 Å². The first-order valence-corrected chi connectivity index (χ1v) is 3.76. The van der Waals surface area contributed by atoms with Gasteiger partial charge in [0, 0.05) is 6.42 Å². The number of hydrogen-bond acceptors (Lipinski definition) is 2. The van der Waals surface area contributed by atoms with Crippen LogP contribution in [0.25, 0.3) is 0 Å². The van der Waals surface area contributed by atoms with E-state index in [2.05, 4.69) is 0 Å². The standard InChI is InChI=1S/C4H8O2.CH3O.Ti/c1-2-3-4(5)6;1-2;/h2-3H2,1H3,(H,5,6);2H,1H2;. The zero-order chi connectivity index (χ0) is 7.70. The molecule has 0 amide bonds. The fourth-order valence-corrected chi connectivity index (χ4v) is 0.214. The van der Waals surface area contributed by atoms with Crippen LogP contribution in [-0.2, 0) is 25.2 Å². The Kier molecular flexibility index (Phi) is 14.5. The molecule has 0 fully saturated rings. The third-order valence-electron chi connectivity index (χ3n) is 0.464. The molecule has 0 unspecified atom stereocenters. The van der Waals surface area contributed by atoms with Crippen molar-refractivity contribution in [1.82, 2.24) is 0 Å². The van der Waals surface area contributed by atoms with Crippen molar-refractivity contribution in [2.75, 3.05) is 4.91 Å². The average molecular weight is 167 g/mol. The molecule has 0 heterocycles. The Morgan fingerprint density at radius 1 is 1.67 bits per heavy atom. The van der Waals surface area contributed by atoms with Crippen LogP contribution in [-0.4, -0.2) is 21.1 Å². The molecular weight excluding hydrogens is 156 g/mol.